The van der Waals surface area contributed by atoms with Gasteiger partial charge in [0.2, 0.25) is 18.0 Å². The van der Waals surface area contributed by atoms with E-state index < -0.39 is 84.5 Å². The van der Waals surface area contributed by atoms with E-state index in [-0.39, 0.29) is 42.8 Å². The van der Waals surface area contributed by atoms with Crippen LogP contribution in [0.4, 0.5) is 4.79 Å². The van der Waals surface area contributed by atoms with E-state index in [1.807, 2.05) is 32.9 Å². The minimum Gasteiger partial charge on any atom is -0.456 e. The molecule has 0 heterocycles. The van der Waals surface area contributed by atoms with E-state index in [1.54, 1.807) is 18.2 Å². The summed E-state index contributed by atoms with van der Waals surface area (Å²) < 4.78 is 25.0. The largest absolute Gasteiger partial charge is 0.511 e. The Balaban J connectivity index is 1.21. The van der Waals surface area contributed by atoms with Gasteiger partial charge in [-0.05, 0) is 75.9 Å². The van der Waals surface area contributed by atoms with Crippen molar-refractivity contribution in [3.63, 3.8) is 0 Å². The maximum atomic E-state index is 13.4. The minimum atomic E-state index is -1.83. The zero-order valence-electron chi connectivity index (χ0n) is 29.1. The highest BCUT2D eigenvalue weighted by molar-refractivity contribution is 6.01. The quantitative estimate of drug-likeness (QED) is 0.0969. The van der Waals surface area contributed by atoms with Crippen molar-refractivity contribution in [1.82, 2.24) is 0 Å². The van der Waals surface area contributed by atoms with E-state index in [9.17, 15) is 39.0 Å². The molecule has 0 aliphatic heterocycles. The molecule has 0 aromatic heterocycles. The average Bonchev–Trinajstić information content (AvgIpc) is 3.30. The number of ketones is 2. The van der Waals surface area contributed by atoms with Crippen LogP contribution in [0.5, 0.6) is 0 Å². The van der Waals surface area contributed by atoms with E-state index in [0.29, 0.717) is 25.7 Å². The molecule has 9 unspecified atom stereocenters. The summed E-state index contributed by atoms with van der Waals surface area (Å²) in [5.41, 5.74) is 2.94. The van der Waals surface area contributed by atoms with Gasteiger partial charge in [0.25, 0.3) is 0 Å². The van der Waals surface area contributed by atoms with Gasteiger partial charge in [0.1, 0.15) is 24.9 Å². The summed E-state index contributed by atoms with van der Waals surface area (Å²) >= 11 is 0. The lowest BCUT2D eigenvalue weighted by Crippen LogP contribution is -2.61. The molecule has 0 bridgehead atoms. The molecule has 0 aromatic carbocycles. The van der Waals surface area contributed by atoms with Gasteiger partial charge in [0.05, 0.1) is 12.5 Å². The van der Waals surface area contributed by atoms with Crippen LogP contribution in [0, 0.1) is 28.6 Å². The maximum absolute atomic E-state index is 13.4. The third-order valence-electron chi connectivity index (χ3n) is 11.1. The summed E-state index contributed by atoms with van der Waals surface area (Å²) in [6, 6.07) is 0. The molecule has 4 N–H and O–H groups in total. The van der Waals surface area contributed by atoms with Gasteiger partial charge in [-0.25, -0.2) is 14.4 Å². The molecule has 276 valence electrons. The van der Waals surface area contributed by atoms with Gasteiger partial charge in [0.15, 0.2) is 12.4 Å². The molecule has 0 saturated heterocycles. The van der Waals surface area contributed by atoms with Crippen LogP contribution >= 0.6 is 0 Å². The van der Waals surface area contributed by atoms with Gasteiger partial charge in [-0.15, -0.1) is 0 Å². The summed E-state index contributed by atoms with van der Waals surface area (Å²) in [4.78, 5) is 73.3. The molecule has 0 aromatic rings. The Kier molecular flexibility index (Phi) is 12.4. The summed E-state index contributed by atoms with van der Waals surface area (Å²) in [6.45, 7) is 4.81. The number of carbonyl (C=O) groups excluding carboxylic acids is 6. The second-order valence-electron chi connectivity index (χ2n) is 14.2. The van der Waals surface area contributed by atoms with Crippen LogP contribution in [0.3, 0.4) is 0 Å². The van der Waals surface area contributed by atoms with E-state index >= 15 is 0 Å². The summed E-state index contributed by atoms with van der Waals surface area (Å²) in [5, 5.41) is 23.3. The number of allylic oxidation sites excluding steroid dienone is 6. The second-order valence-corrected chi connectivity index (χ2v) is 14.2. The molecule has 14 heteroatoms. The van der Waals surface area contributed by atoms with Gasteiger partial charge in [0, 0.05) is 23.7 Å². The van der Waals surface area contributed by atoms with Gasteiger partial charge in [-0.3, -0.25) is 14.4 Å². The fourth-order valence-electron chi connectivity index (χ4n) is 8.73. The lowest BCUT2D eigenvalue weighted by atomic mass is 9.46. The molecule has 0 radical (unpaired) electrons. The molecular weight excluding hydrogens is 654 g/mol. The van der Waals surface area contributed by atoms with Crippen LogP contribution in [0.25, 0.3) is 0 Å². The molecule has 9 atom stereocenters. The molecule has 1 amide bonds. The Hall–Kier alpha value is -3.88. The van der Waals surface area contributed by atoms with Crippen molar-refractivity contribution >= 4 is 35.6 Å². The van der Waals surface area contributed by atoms with Crippen molar-refractivity contribution in [2.24, 2.45) is 34.3 Å². The molecule has 50 heavy (non-hydrogen) atoms. The molecule has 3 saturated carbocycles. The molecule has 4 aliphatic carbocycles. The number of ether oxygens (including phenoxy) is 5. The second kappa shape index (κ2) is 16.0. The number of hydrogen-bond acceptors (Lipinski definition) is 13. The standard InChI is InChI=1S/C36H49NO13/c1-5-6-7-8-24(16-29(37)41)50-33(44)49-21(2)48-31(43)20-46-19-30(42)47-18-28(40)36(45)14-12-26-25-10-9-22-15-23(38)11-13-34(22,3)32(25)27(39)17-35(26,36)4/h5-6,11,13,15,21,24-27,32,39,45H,7-10,12,14,16-20H2,1-4H3,(H2,37,41). The minimum absolute atomic E-state index is 0.0204. The Morgan fingerprint density at radius 1 is 1.06 bits per heavy atom. The normalized spacial score (nSPS) is 32.5. The van der Waals surface area contributed by atoms with Crippen molar-refractivity contribution in [2.75, 3.05) is 19.8 Å². The lowest BCUT2D eigenvalue weighted by Gasteiger charge is -2.59. The van der Waals surface area contributed by atoms with Gasteiger partial charge < -0.3 is 39.6 Å². The van der Waals surface area contributed by atoms with Gasteiger partial charge in [-0.2, -0.15) is 0 Å². The molecular formula is C36H49NO13. The molecule has 3 fully saturated rings. The molecule has 4 aliphatic rings. The first kappa shape index (κ1) is 38.9. The lowest BCUT2D eigenvalue weighted by molar-refractivity contribution is -0.182. The number of aliphatic hydroxyl groups excluding tert-OH is 1. The molecule has 0 spiro atoms. The van der Waals surface area contributed by atoms with Crippen LogP contribution in [-0.2, 0) is 47.7 Å². The third-order valence-corrected chi connectivity index (χ3v) is 11.1. The topological polar surface area (TPSA) is 215 Å². The smallest absolute Gasteiger partial charge is 0.456 e. The van der Waals surface area contributed by atoms with Gasteiger partial charge in [-0.1, -0.05) is 37.6 Å². The Labute approximate surface area is 291 Å². The third kappa shape index (κ3) is 8.35. The monoisotopic (exact) mass is 703 g/mol. The zero-order valence-corrected chi connectivity index (χ0v) is 29.1. The highest BCUT2D eigenvalue weighted by Gasteiger charge is 2.68. The van der Waals surface area contributed by atoms with E-state index in [2.05, 4.69) is 0 Å². The van der Waals surface area contributed by atoms with Crippen LogP contribution in [-0.4, -0.2) is 89.7 Å². The first-order chi connectivity index (χ1) is 23.5. The Morgan fingerprint density at radius 3 is 2.48 bits per heavy atom. The summed E-state index contributed by atoms with van der Waals surface area (Å²) in [6.07, 6.45) is 7.52. The number of fused-ring (bicyclic) bond motifs is 5. The number of Topliss-reactive ketones (excluding diaryl/α,β-unsaturated/α-hetero) is 1. The van der Waals surface area contributed by atoms with Crippen LogP contribution in [0.2, 0.25) is 0 Å². The number of esters is 2. The fraction of sp³-hybridized carbons (Fsp3) is 0.667. The highest BCUT2D eigenvalue weighted by Crippen LogP contribution is 2.67. The van der Waals surface area contributed by atoms with Crippen molar-refractivity contribution in [3.8, 4) is 0 Å². The van der Waals surface area contributed by atoms with E-state index in [1.165, 1.54) is 6.92 Å². The Morgan fingerprint density at radius 2 is 1.78 bits per heavy atom. The van der Waals surface area contributed by atoms with Crippen molar-refractivity contribution < 1.29 is 62.7 Å². The van der Waals surface area contributed by atoms with Crippen LogP contribution in [0.15, 0.2) is 36.0 Å². The first-order valence-electron chi connectivity index (χ1n) is 17.1. The predicted octanol–water partition coefficient (Wildman–Crippen LogP) is 2.77. The van der Waals surface area contributed by atoms with Crippen molar-refractivity contribution in [3.05, 3.63) is 36.0 Å². The number of hydrogen-bond donors (Lipinski definition) is 3. The number of aliphatic hydroxyl groups is 2. The zero-order chi connectivity index (χ0) is 36.9. The summed E-state index contributed by atoms with van der Waals surface area (Å²) in [5.74, 6) is -3.53. The first-order valence-corrected chi connectivity index (χ1v) is 17.1. The van der Waals surface area contributed by atoms with E-state index in [0.717, 1.165) is 12.0 Å². The average molecular weight is 704 g/mol. The number of rotatable bonds is 15. The van der Waals surface area contributed by atoms with E-state index in [4.69, 9.17) is 29.4 Å². The maximum Gasteiger partial charge on any atom is 0.511 e. The predicted molar refractivity (Wildman–Crippen MR) is 175 cm³/mol. The summed E-state index contributed by atoms with van der Waals surface area (Å²) in [7, 11) is 0. The molecule has 14 nitrogen and oxygen atoms in total. The molecule has 4 rings (SSSR count). The number of nitrogens with two attached hydrogens (primary N) is 1. The highest BCUT2D eigenvalue weighted by atomic mass is 16.8. The number of primary amides is 1. The Bertz CT molecular complexity index is 1440. The van der Waals surface area contributed by atoms with Crippen molar-refractivity contribution in [1.29, 1.82) is 0 Å². The van der Waals surface area contributed by atoms with Crippen molar-refractivity contribution in [2.45, 2.75) is 103 Å². The van der Waals surface area contributed by atoms with Crippen LogP contribution in [0.1, 0.15) is 79.1 Å². The fourth-order valence-corrected chi connectivity index (χ4v) is 8.73. The number of carbonyl (C=O) groups is 6. The number of amides is 1. The SMILES string of the molecule is CC=CCCC(CC(N)=O)OC(=O)OC(C)OC(=O)COCC(=O)OCC(=O)C1(O)CCC2C3CCC4=CC(=O)C=CC4(C)C3C(O)CC21C. The van der Waals surface area contributed by atoms with Crippen LogP contribution < -0.4 is 5.73 Å². The van der Waals surface area contributed by atoms with Gasteiger partial charge >= 0.3 is 18.1 Å².